The minimum Gasteiger partial charge on any atom is -0.147 e. The average Bonchev–Trinajstić information content (AvgIpc) is 3.15. The second-order valence-corrected chi connectivity index (χ2v) is 24.8. The van der Waals surface area contributed by atoms with Crippen LogP contribution in [0.1, 0.15) is 33.6 Å². The van der Waals surface area contributed by atoms with E-state index in [2.05, 4.69) is 74.2 Å². The van der Waals surface area contributed by atoms with Crippen LogP contribution in [0.3, 0.4) is 0 Å². The van der Waals surface area contributed by atoms with Gasteiger partial charge in [-0.2, -0.15) is 0 Å². The van der Waals surface area contributed by atoms with Gasteiger partial charge in [0.05, 0.1) is 0 Å². The molecule has 0 bridgehead atoms. The van der Waals surface area contributed by atoms with Gasteiger partial charge in [0.25, 0.3) is 0 Å². The third kappa shape index (κ3) is 10.4. The summed E-state index contributed by atoms with van der Waals surface area (Å²) < 4.78 is 30.1. The molecule has 0 fully saturated rings. The molecule has 0 N–H and O–H groups in total. The third-order valence-corrected chi connectivity index (χ3v) is 13.2. The van der Waals surface area contributed by atoms with Crippen LogP contribution in [-0.4, -0.2) is 32.9 Å². The van der Waals surface area contributed by atoms with Gasteiger partial charge in [0, 0.05) is 0 Å². The van der Waals surface area contributed by atoms with E-state index in [1.807, 2.05) is 13.8 Å². The molecule has 2 aliphatic rings. The summed E-state index contributed by atoms with van der Waals surface area (Å²) in [5.41, 5.74) is 0. The van der Waals surface area contributed by atoms with E-state index in [4.69, 9.17) is 18.3 Å². The number of halogens is 2. The molecule has 0 amide bonds. The number of hydrogen-bond donors (Lipinski definition) is 0. The summed E-state index contributed by atoms with van der Waals surface area (Å²) >= 11 is -2.18. The van der Waals surface area contributed by atoms with Gasteiger partial charge in [-0.3, -0.25) is 0 Å². The fourth-order valence-electron chi connectivity index (χ4n) is 3.61. The van der Waals surface area contributed by atoms with Crippen molar-refractivity contribution >= 4 is 45.2 Å². The smallest absolute Gasteiger partial charge is 0.147 e. The van der Waals surface area contributed by atoms with Gasteiger partial charge < -0.3 is 0 Å². The molecule has 0 radical (unpaired) electrons. The van der Waals surface area contributed by atoms with E-state index in [1.165, 1.54) is 6.56 Å². The maximum atomic E-state index is 6.26. The van der Waals surface area contributed by atoms with Crippen molar-refractivity contribution in [3.8, 4) is 0 Å². The molecule has 0 spiro atoms. The molecule has 2 unspecified atom stereocenters. The van der Waals surface area contributed by atoms with Crippen LogP contribution in [-0.2, 0) is 39.6 Å². The summed E-state index contributed by atoms with van der Waals surface area (Å²) in [6, 6.07) is 0. The first-order valence-corrected chi connectivity index (χ1v) is 21.2. The van der Waals surface area contributed by atoms with E-state index >= 15 is 0 Å². The van der Waals surface area contributed by atoms with Gasteiger partial charge in [-0.05, 0) is 0 Å². The molecule has 4 nitrogen and oxygen atoms in total. The fourth-order valence-corrected chi connectivity index (χ4v) is 12.0. The molecule has 2 aliphatic carbocycles. The summed E-state index contributed by atoms with van der Waals surface area (Å²) in [4.78, 5) is 0. The molecular weight excluding hydrogens is 547 g/mol. The minimum absolute atomic E-state index is 0. The van der Waals surface area contributed by atoms with E-state index in [9.17, 15) is 0 Å². The van der Waals surface area contributed by atoms with Crippen molar-refractivity contribution in [2.75, 3.05) is 0 Å². The zero-order valence-corrected chi connectivity index (χ0v) is 26.5. The molecule has 0 saturated carbocycles. The van der Waals surface area contributed by atoms with Gasteiger partial charge in [-0.1, -0.05) is 0 Å². The molecule has 0 saturated heterocycles. The van der Waals surface area contributed by atoms with Crippen LogP contribution in [0.25, 0.3) is 0 Å². The van der Waals surface area contributed by atoms with E-state index in [0.717, 1.165) is 24.4 Å². The molecule has 31 heavy (non-hydrogen) atoms. The van der Waals surface area contributed by atoms with Gasteiger partial charge >= 0.3 is 188 Å². The molecule has 178 valence electrons. The number of rotatable bonds is 10. The molecule has 0 aromatic heterocycles. The molecular formula is C22H40Cl2O4Si2Zr. The number of hydrogen-bond acceptors (Lipinski definition) is 4. The van der Waals surface area contributed by atoms with Crippen molar-refractivity contribution in [1.29, 1.82) is 0 Å². The van der Waals surface area contributed by atoms with Crippen LogP contribution in [0.15, 0.2) is 42.4 Å². The van der Waals surface area contributed by atoms with Crippen LogP contribution in [0, 0.1) is 0 Å². The van der Waals surface area contributed by atoms with Crippen molar-refractivity contribution in [1.82, 2.24) is 0 Å². The summed E-state index contributed by atoms with van der Waals surface area (Å²) in [7, 11) is -3.28. The Morgan fingerprint density at radius 3 is 1.42 bits per heavy atom. The number of allylic oxidation sites excluding steroid dienone is 6. The number of ether oxygens (including phenoxy) is 2. The molecule has 0 aliphatic heterocycles. The van der Waals surface area contributed by atoms with Crippen molar-refractivity contribution < 1.29 is 39.6 Å². The molecule has 2 atom stereocenters. The quantitative estimate of drug-likeness (QED) is 0.203. The minimum atomic E-state index is -2.18. The summed E-state index contributed by atoms with van der Waals surface area (Å²) in [5.74, 6) is 2.04. The topological polar surface area (TPSA) is 36.9 Å². The van der Waals surface area contributed by atoms with Crippen LogP contribution < -0.4 is 0 Å². The van der Waals surface area contributed by atoms with Crippen molar-refractivity contribution in [3.05, 3.63) is 42.4 Å². The Labute approximate surface area is 211 Å². The van der Waals surface area contributed by atoms with Gasteiger partial charge in [0.2, 0.25) is 0 Å². The van der Waals surface area contributed by atoms with Crippen LogP contribution >= 0.6 is 24.8 Å². The van der Waals surface area contributed by atoms with Gasteiger partial charge in [-0.15, -0.1) is 24.8 Å². The van der Waals surface area contributed by atoms with E-state index in [-0.39, 0.29) is 37.4 Å². The van der Waals surface area contributed by atoms with E-state index < -0.39 is 37.9 Å². The summed E-state index contributed by atoms with van der Waals surface area (Å²) in [6.45, 7) is 19.4. The van der Waals surface area contributed by atoms with E-state index in [1.54, 1.807) is 0 Å². The monoisotopic (exact) mass is 584 g/mol. The second-order valence-electron chi connectivity index (χ2n) is 9.43. The second kappa shape index (κ2) is 13.2. The van der Waals surface area contributed by atoms with Crippen molar-refractivity contribution in [3.63, 3.8) is 0 Å². The predicted octanol–water partition coefficient (Wildman–Crippen LogP) is 7.04. The summed E-state index contributed by atoms with van der Waals surface area (Å²) in [6.07, 6.45) is 10.2. The van der Waals surface area contributed by atoms with Crippen molar-refractivity contribution in [2.24, 2.45) is 0 Å². The van der Waals surface area contributed by atoms with Gasteiger partial charge in [-0.25, -0.2) is 0 Å². The maximum absolute atomic E-state index is 6.26. The van der Waals surface area contributed by atoms with Crippen LogP contribution in [0.5, 0.6) is 0 Å². The standard InChI is InChI=1S/2C10H17O2Si.C2H4.2ClH.Zr/c2*1-9(12-13(2,3)4)11-10-7-5-6-8-10;1-2;;;/h2*5,7,9H,6H2,1-4H3;1H,2H3;2*1H;. The zero-order chi connectivity index (χ0) is 21.8. The zero-order valence-electron chi connectivity index (χ0n) is 20.4. The third-order valence-electron chi connectivity index (χ3n) is 4.34. The first-order valence-electron chi connectivity index (χ1n) is 10.5. The Hall–Kier alpha value is 0.247. The molecule has 2 rings (SSSR count). The fraction of sp³-hybridized carbons (Fsp3) is 0.591. The van der Waals surface area contributed by atoms with Gasteiger partial charge in [0.15, 0.2) is 0 Å². The normalized spacial score (nSPS) is 17.8. The molecule has 0 aromatic rings. The predicted molar refractivity (Wildman–Crippen MR) is 138 cm³/mol. The molecule has 0 heterocycles. The first-order chi connectivity index (χ1) is 13.4. The average molecular weight is 587 g/mol. The van der Waals surface area contributed by atoms with Crippen molar-refractivity contribution in [2.45, 2.75) is 85.5 Å². The largest absolute Gasteiger partial charge is 0.147 e. The Balaban J connectivity index is 0.00000450. The summed E-state index contributed by atoms with van der Waals surface area (Å²) in [5, 5.41) is 0. The Morgan fingerprint density at radius 1 is 0.774 bits per heavy atom. The maximum Gasteiger partial charge on any atom is -0.147 e. The first kappa shape index (κ1) is 31.2. The van der Waals surface area contributed by atoms with E-state index in [0.29, 0.717) is 0 Å². The Morgan fingerprint density at radius 2 is 1.13 bits per heavy atom. The Kier molecular flexibility index (Phi) is 13.3. The molecule has 0 aromatic carbocycles. The molecule has 9 heteroatoms. The van der Waals surface area contributed by atoms with Crippen LogP contribution in [0.4, 0.5) is 0 Å². The van der Waals surface area contributed by atoms with Gasteiger partial charge in [0.1, 0.15) is 0 Å². The Bertz CT molecular complexity index is 702. The van der Waals surface area contributed by atoms with Crippen LogP contribution in [0.2, 0.25) is 39.3 Å². The SMILES string of the molecule is C[CH]=[Zr]([C]1=C(OC(C)O[Si](C)(C)C)C=CC1)[C]1=C(OC(C)O[Si](C)(C)C)C=CC1.Cl.Cl.